The molecule has 9 heteroatoms. The van der Waals surface area contributed by atoms with Gasteiger partial charge in [-0.3, -0.25) is 4.79 Å². The number of nitrogens with one attached hydrogen (secondary N) is 2. The molecule has 30 heavy (non-hydrogen) atoms. The summed E-state index contributed by atoms with van der Waals surface area (Å²) < 4.78 is 1.77. The van der Waals surface area contributed by atoms with Crippen molar-refractivity contribution in [2.24, 2.45) is 0 Å². The molecule has 1 aromatic carbocycles. The Morgan fingerprint density at radius 2 is 1.77 bits per heavy atom. The smallest absolute Gasteiger partial charge is 0.253 e. The Hall–Kier alpha value is -3.20. The van der Waals surface area contributed by atoms with Crippen molar-refractivity contribution in [1.29, 1.82) is 0 Å². The number of fused-ring (bicyclic) bond motifs is 1. The minimum Gasteiger partial charge on any atom is -0.340 e. The fourth-order valence-electron chi connectivity index (χ4n) is 4.01. The number of carbonyl (C=O) groups excluding carboxylic acids is 1. The van der Waals surface area contributed by atoms with Crippen molar-refractivity contribution in [2.75, 3.05) is 49.5 Å². The Labute approximate surface area is 175 Å². The van der Waals surface area contributed by atoms with E-state index in [0.29, 0.717) is 23.0 Å². The van der Waals surface area contributed by atoms with E-state index in [1.807, 2.05) is 35.4 Å². The number of piperazine rings is 1. The van der Waals surface area contributed by atoms with Crippen molar-refractivity contribution in [2.45, 2.75) is 19.3 Å². The third kappa shape index (κ3) is 3.80. The zero-order chi connectivity index (χ0) is 20.3. The summed E-state index contributed by atoms with van der Waals surface area (Å²) in [6.07, 6.45) is 7.15. The summed E-state index contributed by atoms with van der Waals surface area (Å²) in [5.41, 5.74) is 2.24. The molecular weight excluding hydrogens is 380 g/mol. The predicted molar refractivity (Wildman–Crippen MR) is 115 cm³/mol. The molecular formula is C21H26N8O. The second-order valence-electron chi connectivity index (χ2n) is 7.75. The minimum atomic E-state index is 0.0770. The van der Waals surface area contributed by atoms with Crippen LogP contribution in [0.25, 0.3) is 5.65 Å². The predicted octanol–water partition coefficient (Wildman–Crippen LogP) is 1.90. The molecule has 5 rings (SSSR count). The topological polar surface area (TPSA) is 90.7 Å². The quantitative estimate of drug-likeness (QED) is 0.684. The first-order chi connectivity index (χ1) is 14.8. The van der Waals surface area contributed by atoms with Crippen LogP contribution in [-0.2, 0) is 0 Å². The molecule has 0 atom stereocenters. The van der Waals surface area contributed by atoms with Crippen LogP contribution in [0.5, 0.6) is 0 Å². The van der Waals surface area contributed by atoms with Crippen LogP contribution >= 0.6 is 0 Å². The van der Waals surface area contributed by atoms with E-state index >= 15 is 0 Å². The summed E-state index contributed by atoms with van der Waals surface area (Å²) in [6.45, 7) is 5.14. The Balaban J connectivity index is 1.37. The number of anilines is 3. The maximum atomic E-state index is 12.7. The van der Waals surface area contributed by atoms with E-state index in [2.05, 4.69) is 25.6 Å². The van der Waals surface area contributed by atoms with Crippen molar-refractivity contribution < 1.29 is 4.79 Å². The average molecular weight is 406 g/mol. The molecule has 3 aromatic rings. The molecule has 1 amide bonds. The Kier molecular flexibility index (Phi) is 5.18. The van der Waals surface area contributed by atoms with Crippen LogP contribution in [-0.4, -0.2) is 69.7 Å². The first-order valence-corrected chi connectivity index (χ1v) is 10.6. The van der Waals surface area contributed by atoms with Crippen molar-refractivity contribution in [3.63, 3.8) is 0 Å². The summed E-state index contributed by atoms with van der Waals surface area (Å²) in [5, 5.41) is 11.3. The number of rotatable bonds is 4. The van der Waals surface area contributed by atoms with Crippen LogP contribution in [0, 0.1) is 0 Å². The van der Waals surface area contributed by atoms with Crippen molar-refractivity contribution >= 4 is 29.0 Å². The van der Waals surface area contributed by atoms with Gasteiger partial charge in [0, 0.05) is 62.9 Å². The van der Waals surface area contributed by atoms with E-state index in [4.69, 9.17) is 4.98 Å². The lowest BCUT2D eigenvalue weighted by Crippen LogP contribution is -2.46. The van der Waals surface area contributed by atoms with E-state index in [1.54, 1.807) is 10.7 Å². The maximum Gasteiger partial charge on any atom is 0.253 e. The van der Waals surface area contributed by atoms with Gasteiger partial charge in [-0.2, -0.15) is 4.98 Å². The van der Waals surface area contributed by atoms with Crippen LogP contribution in [0.4, 0.5) is 17.5 Å². The van der Waals surface area contributed by atoms with Crippen LogP contribution in [0.1, 0.15) is 29.6 Å². The Bertz CT molecular complexity index is 1020. The van der Waals surface area contributed by atoms with Gasteiger partial charge in [0.05, 0.1) is 0 Å². The molecule has 9 nitrogen and oxygen atoms in total. The highest BCUT2D eigenvalue weighted by atomic mass is 16.2. The molecule has 2 fully saturated rings. The summed E-state index contributed by atoms with van der Waals surface area (Å²) in [6, 6.07) is 7.56. The monoisotopic (exact) mass is 406 g/mol. The fraction of sp³-hybridized carbons (Fsp3) is 0.429. The van der Waals surface area contributed by atoms with Crippen LogP contribution < -0.4 is 15.5 Å². The largest absolute Gasteiger partial charge is 0.340 e. The molecule has 2 aliphatic heterocycles. The zero-order valence-electron chi connectivity index (χ0n) is 16.9. The van der Waals surface area contributed by atoms with Crippen LogP contribution in [0.2, 0.25) is 0 Å². The standard InChI is InChI=1S/C21H26N8O/c30-20(27-13-8-22-9-14-27)16-4-6-17(7-5-16)24-18-19-23-10-15-29(19)26-21(25-18)28-11-2-1-3-12-28/h4-7,10,15,22H,1-3,8-9,11-14H2,(H,24,25,26). The highest BCUT2D eigenvalue weighted by molar-refractivity contribution is 5.94. The summed E-state index contributed by atoms with van der Waals surface area (Å²) >= 11 is 0. The number of hydrogen-bond donors (Lipinski definition) is 2. The number of piperidine rings is 1. The van der Waals surface area contributed by atoms with E-state index in [9.17, 15) is 4.79 Å². The molecule has 4 heterocycles. The number of amides is 1. The van der Waals surface area contributed by atoms with Gasteiger partial charge in [0.15, 0.2) is 11.5 Å². The molecule has 0 aliphatic carbocycles. The van der Waals surface area contributed by atoms with E-state index in [1.165, 1.54) is 6.42 Å². The van der Waals surface area contributed by atoms with E-state index in [-0.39, 0.29) is 5.91 Å². The van der Waals surface area contributed by atoms with Crippen LogP contribution in [0.3, 0.4) is 0 Å². The van der Waals surface area contributed by atoms with Gasteiger partial charge in [0.1, 0.15) is 0 Å². The molecule has 2 aromatic heterocycles. The molecule has 0 spiro atoms. The van der Waals surface area contributed by atoms with Gasteiger partial charge in [-0.25, -0.2) is 9.50 Å². The van der Waals surface area contributed by atoms with Crippen molar-refractivity contribution in [3.05, 3.63) is 42.2 Å². The van der Waals surface area contributed by atoms with Crippen LogP contribution in [0.15, 0.2) is 36.7 Å². The van der Waals surface area contributed by atoms with Crippen molar-refractivity contribution in [1.82, 2.24) is 29.8 Å². The van der Waals surface area contributed by atoms with E-state index in [0.717, 1.165) is 57.8 Å². The minimum absolute atomic E-state index is 0.0770. The van der Waals surface area contributed by atoms with Gasteiger partial charge in [-0.15, -0.1) is 5.10 Å². The lowest BCUT2D eigenvalue weighted by atomic mass is 10.1. The molecule has 2 N–H and O–H groups in total. The van der Waals surface area contributed by atoms with Gasteiger partial charge in [-0.05, 0) is 43.5 Å². The molecule has 0 unspecified atom stereocenters. The first kappa shape index (κ1) is 18.8. The molecule has 2 saturated heterocycles. The fourth-order valence-corrected chi connectivity index (χ4v) is 4.01. The molecule has 0 radical (unpaired) electrons. The van der Waals surface area contributed by atoms with Crippen molar-refractivity contribution in [3.8, 4) is 0 Å². The highest BCUT2D eigenvalue weighted by Gasteiger charge is 2.19. The number of nitrogens with zero attached hydrogens (tertiary/aromatic N) is 6. The third-order valence-corrected chi connectivity index (χ3v) is 5.68. The maximum absolute atomic E-state index is 12.7. The lowest BCUT2D eigenvalue weighted by Gasteiger charge is -2.27. The number of imidazole rings is 1. The number of carbonyl (C=O) groups is 1. The van der Waals surface area contributed by atoms with E-state index < -0.39 is 0 Å². The Morgan fingerprint density at radius 3 is 2.53 bits per heavy atom. The number of benzene rings is 1. The second-order valence-corrected chi connectivity index (χ2v) is 7.75. The third-order valence-electron chi connectivity index (χ3n) is 5.68. The molecule has 0 saturated carbocycles. The first-order valence-electron chi connectivity index (χ1n) is 10.6. The Morgan fingerprint density at radius 1 is 1.00 bits per heavy atom. The average Bonchev–Trinajstić information content (AvgIpc) is 3.29. The normalized spacial score (nSPS) is 17.3. The highest BCUT2D eigenvalue weighted by Crippen LogP contribution is 2.23. The molecule has 2 aliphatic rings. The molecule has 156 valence electrons. The SMILES string of the molecule is O=C(c1ccc(Nc2nc(N3CCCCC3)nn3ccnc23)cc1)N1CCNCC1. The number of aromatic nitrogens is 4. The molecule has 0 bridgehead atoms. The van der Waals surface area contributed by atoms with Gasteiger partial charge in [-0.1, -0.05) is 0 Å². The number of hydrogen-bond acceptors (Lipinski definition) is 7. The summed E-state index contributed by atoms with van der Waals surface area (Å²) in [7, 11) is 0. The lowest BCUT2D eigenvalue weighted by molar-refractivity contribution is 0.0736. The second kappa shape index (κ2) is 8.27. The van der Waals surface area contributed by atoms with Gasteiger partial charge >= 0.3 is 0 Å². The zero-order valence-corrected chi connectivity index (χ0v) is 16.9. The summed E-state index contributed by atoms with van der Waals surface area (Å²) in [4.78, 5) is 25.9. The van der Waals surface area contributed by atoms with Gasteiger partial charge in [0.2, 0.25) is 5.95 Å². The summed E-state index contributed by atoms with van der Waals surface area (Å²) in [5.74, 6) is 1.46. The van der Waals surface area contributed by atoms with Gasteiger partial charge in [0.25, 0.3) is 5.91 Å². The van der Waals surface area contributed by atoms with Gasteiger partial charge < -0.3 is 20.4 Å².